The van der Waals surface area contributed by atoms with E-state index in [1.165, 1.54) is 12.1 Å². The third kappa shape index (κ3) is 3.39. The molecule has 0 aliphatic heterocycles. The number of nitrogens with zero attached hydrogens (tertiary/aromatic N) is 2. The number of nitrogens with one attached hydrogen (secondary N) is 1. The van der Waals surface area contributed by atoms with E-state index in [-0.39, 0.29) is 20.9 Å². The van der Waals surface area contributed by atoms with Crippen LogP contribution in [0.2, 0.25) is 10.0 Å². The van der Waals surface area contributed by atoms with Gasteiger partial charge in [0.05, 0.1) is 17.3 Å². The van der Waals surface area contributed by atoms with E-state index in [1.807, 2.05) is 0 Å². The molecule has 2 N–H and O–H groups in total. The van der Waals surface area contributed by atoms with Crippen LogP contribution in [0.15, 0.2) is 29.4 Å². The van der Waals surface area contributed by atoms with E-state index in [1.54, 1.807) is 24.1 Å². The van der Waals surface area contributed by atoms with Gasteiger partial charge in [0, 0.05) is 23.8 Å². The average molecular weight is 390 g/mol. The molecule has 6 nitrogen and oxygen atoms in total. The molecule has 1 aromatic carbocycles. The zero-order valence-electron chi connectivity index (χ0n) is 12.9. The first kappa shape index (κ1) is 17.5. The maximum Gasteiger partial charge on any atom is 0.244 e. The summed E-state index contributed by atoms with van der Waals surface area (Å²) in [6, 6.07) is 2.07. The molecule has 1 saturated carbocycles. The summed E-state index contributed by atoms with van der Waals surface area (Å²) in [4.78, 5) is -0.326. The predicted molar refractivity (Wildman–Crippen MR) is 91.7 cm³/mol. The predicted octanol–water partition coefficient (Wildman–Crippen LogP) is 3.25. The van der Waals surface area contributed by atoms with Crippen LogP contribution in [0, 0.1) is 5.92 Å². The first-order chi connectivity index (χ1) is 11.3. The Morgan fingerprint density at radius 2 is 2.08 bits per heavy atom. The molecule has 0 saturated heterocycles. The monoisotopic (exact) mass is 389 g/mol. The van der Waals surface area contributed by atoms with E-state index in [2.05, 4.69) is 9.82 Å². The Kier molecular flexibility index (Phi) is 4.79. The van der Waals surface area contributed by atoms with Crippen LogP contribution in [0.4, 0.5) is 0 Å². The molecule has 1 unspecified atom stereocenters. The van der Waals surface area contributed by atoms with Crippen molar-refractivity contribution in [3.63, 3.8) is 0 Å². The van der Waals surface area contributed by atoms with Crippen molar-refractivity contribution < 1.29 is 13.5 Å². The zero-order chi connectivity index (χ0) is 17.5. The van der Waals surface area contributed by atoms with Gasteiger partial charge >= 0.3 is 0 Å². The van der Waals surface area contributed by atoms with Gasteiger partial charge in [-0.1, -0.05) is 29.6 Å². The highest BCUT2D eigenvalue weighted by molar-refractivity contribution is 7.89. The highest BCUT2D eigenvalue weighted by atomic mass is 35.5. The Bertz CT molecular complexity index is 863. The first-order valence-electron chi connectivity index (χ1n) is 7.47. The van der Waals surface area contributed by atoms with Crippen molar-refractivity contribution in [2.45, 2.75) is 30.2 Å². The van der Waals surface area contributed by atoms with Gasteiger partial charge in [0.2, 0.25) is 10.0 Å². The summed E-state index contributed by atoms with van der Waals surface area (Å²) in [6.07, 6.45) is 6.37. The summed E-state index contributed by atoms with van der Waals surface area (Å²) in [5.74, 6) is -0.312. The summed E-state index contributed by atoms with van der Waals surface area (Å²) in [7, 11) is -2.23. The molecule has 3 rings (SSSR count). The van der Waals surface area contributed by atoms with Crippen LogP contribution in [-0.2, 0) is 17.1 Å². The van der Waals surface area contributed by atoms with Crippen LogP contribution < -0.4 is 4.72 Å². The minimum absolute atomic E-state index is 0.107. The molecule has 0 spiro atoms. The number of benzene rings is 1. The van der Waals surface area contributed by atoms with Gasteiger partial charge in [-0.2, -0.15) is 5.10 Å². The van der Waals surface area contributed by atoms with E-state index in [4.69, 9.17) is 23.2 Å². The Morgan fingerprint density at radius 3 is 2.62 bits per heavy atom. The Morgan fingerprint density at radius 1 is 1.38 bits per heavy atom. The third-order valence-electron chi connectivity index (χ3n) is 4.27. The molecule has 1 heterocycles. The minimum Gasteiger partial charge on any atom is -0.505 e. The molecular formula is C15H17Cl2N3O3S. The van der Waals surface area contributed by atoms with Crippen molar-refractivity contribution in [3.8, 4) is 5.75 Å². The number of hydrogen-bond acceptors (Lipinski definition) is 4. The SMILES string of the molecule is Cn1cc(C(NS(=O)(=O)c2cc(Cl)cc(Cl)c2O)C2CCC2)cn1. The second kappa shape index (κ2) is 6.55. The van der Waals surface area contributed by atoms with Crippen LogP contribution in [0.25, 0.3) is 0 Å². The number of halogens is 2. The van der Waals surface area contributed by atoms with Gasteiger partial charge in [-0.05, 0) is 30.9 Å². The number of phenols is 1. The maximum absolute atomic E-state index is 12.8. The van der Waals surface area contributed by atoms with Crippen LogP contribution in [0.1, 0.15) is 30.9 Å². The van der Waals surface area contributed by atoms with E-state index in [0.717, 1.165) is 24.8 Å². The van der Waals surface area contributed by atoms with Gasteiger partial charge in [-0.25, -0.2) is 13.1 Å². The molecule has 9 heteroatoms. The summed E-state index contributed by atoms with van der Waals surface area (Å²) >= 11 is 11.7. The van der Waals surface area contributed by atoms with Crippen LogP contribution in [0.5, 0.6) is 5.75 Å². The van der Waals surface area contributed by atoms with E-state index >= 15 is 0 Å². The molecule has 1 aliphatic rings. The van der Waals surface area contributed by atoms with Gasteiger partial charge in [-0.3, -0.25) is 4.68 Å². The van der Waals surface area contributed by atoms with Crippen LogP contribution in [-0.4, -0.2) is 23.3 Å². The summed E-state index contributed by atoms with van der Waals surface area (Å²) in [5.41, 5.74) is 0.790. The highest BCUT2D eigenvalue weighted by Crippen LogP contribution is 2.40. The highest BCUT2D eigenvalue weighted by Gasteiger charge is 2.34. The number of rotatable bonds is 5. The standard InChI is InChI=1S/C15H17Cl2N3O3S/c1-20-8-10(7-18-20)14(9-3-2-4-9)19-24(22,23)13-6-11(16)5-12(17)15(13)21/h5-9,14,19,21H,2-4H2,1H3. The molecule has 0 amide bonds. The number of phenolic OH excluding ortho intramolecular Hbond substituents is 1. The first-order valence-corrected chi connectivity index (χ1v) is 9.71. The number of aromatic hydroxyl groups is 1. The fourth-order valence-corrected chi connectivity index (χ4v) is 4.84. The fourth-order valence-electron chi connectivity index (χ4n) is 2.79. The van der Waals surface area contributed by atoms with Gasteiger partial charge in [0.15, 0.2) is 5.75 Å². The van der Waals surface area contributed by atoms with Gasteiger partial charge in [0.1, 0.15) is 4.90 Å². The van der Waals surface area contributed by atoms with E-state index < -0.39 is 21.8 Å². The lowest BCUT2D eigenvalue weighted by Gasteiger charge is -2.33. The van der Waals surface area contributed by atoms with Gasteiger partial charge in [0.25, 0.3) is 0 Å². The number of aryl methyl sites for hydroxylation is 1. The van der Waals surface area contributed by atoms with Crippen molar-refractivity contribution in [1.29, 1.82) is 0 Å². The third-order valence-corrected chi connectivity index (χ3v) is 6.23. The molecule has 0 radical (unpaired) electrons. The lowest BCUT2D eigenvalue weighted by atomic mass is 9.78. The fraction of sp³-hybridized carbons (Fsp3) is 0.400. The summed E-state index contributed by atoms with van der Waals surface area (Å²) in [6.45, 7) is 0. The normalized spacial score (nSPS) is 16.8. The van der Waals surface area contributed by atoms with Crippen molar-refractivity contribution >= 4 is 33.2 Å². The lowest BCUT2D eigenvalue weighted by molar-refractivity contribution is 0.251. The molecule has 1 aliphatic carbocycles. The quantitative estimate of drug-likeness (QED) is 0.821. The van der Waals surface area contributed by atoms with Crippen molar-refractivity contribution in [3.05, 3.63) is 40.1 Å². The Balaban J connectivity index is 1.97. The smallest absolute Gasteiger partial charge is 0.244 e. The second-order valence-electron chi connectivity index (χ2n) is 5.97. The van der Waals surface area contributed by atoms with Crippen molar-refractivity contribution in [2.75, 3.05) is 0 Å². The molecule has 2 aromatic rings. The molecule has 24 heavy (non-hydrogen) atoms. The number of hydrogen-bond donors (Lipinski definition) is 2. The summed E-state index contributed by atoms with van der Waals surface area (Å²) < 4.78 is 29.9. The molecule has 130 valence electrons. The Hall–Kier alpha value is -1.28. The van der Waals surface area contributed by atoms with Crippen LogP contribution >= 0.6 is 23.2 Å². The van der Waals surface area contributed by atoms with Gasteiger partial charge in [-0.15, -0.1) is 0 Å². The topological polar surface area (TPSA) is 84.2 Å². The molecule has 1 aromatic heterocycles. The molecule has 1 fully saturated rings. The Labute approximate surface area is 150 Å². The number of sulfonamides is 1. The van der Waals surface area contributed by atoms with E-state index in [9.17, 15) is 13.5 Å². The summed E-state index contributed by atoms with van der Waals surface area (Å²) in [5, 5.41) is 14.2. The second-order valence-corrected chi connectivity index (χ2v) is 8.50. The number of aromatic nitrogens is 2. The zero-order valence-corrected chi connectivity index (χ0v) is 15.2. The molecule has 1 atom stereocenters. The van der Waals surface area contributed by atoms with Gasteiger partial charge < -0.3 is 5.11 Å². The lowest BCUT2D eigenvalue weighted by Crippen LogP contribution is -2.36. The molecular weight excluding hydrogens is 373 g/mol. The average Bonchev–Trinajstić information content (AvgIpc) is 2.86. The van der Waals surface area contributed by atoms with Crippen molar-refractivity contribution in [2.24, 2.45) is 13.0 Å². The minimum atomic E-state index is -4.00. The van der Waals surface area contributed by atoms with E-state index in [0.29, 0.717) is 0 Å². The maximum atomic E-state index is 12.8. The largest absolute Gasteiger partial charge is 0.505 e. The van der Waals surface area contributed by atoms with Crippen molar-refractivity contribution in [1.82, 2.24) is 14.5 Å². The molecule has 0 bridgehead atoms. The van der Waals surface area contributed by atoms with Crippen LogP contribution in [0.3, 0.4) is 0 Å².